The van der Waals surface area contributed by atoms with E-state index in [4.69, 9.17) is 15.2 Å². The van der Waals surface area contributed by atoms with Crippen LogP contribution in [0.1, 0.15) is 26.7 Å². The van der Waals surface area contributed by atoms with E-state index < -0.39 is 0 Å². The normalized spacial score (nSPS) is 29.5. The Kier molecular flexibility index (Phi) is 4.70. The molecule has 13 heavy (non-hydrogen) atoms. The van der Waals surface area contributed by atoms with Crippen molar-refractivity contribution < 1.29 is 9.47 Å². The Morgan fingerprint density at radius 1 is 1.54 bits per heavy atom. The first-order valence-electron chi connectivity index (χ1n) is 5.15. The minimum absolute atomic E-state index is 0.214. The van der Waals surface area contributed by atoms with Crippen LogP contribution in [0.15, 0.2) is 0 Å². The van der Waals surface area contributed by atoms with E-state index in [2.05, 4.69) is 13.8 Å². The van der Waals surface area contributed by atoms with Gasteiger partial charge in [-0.2, -0.15) is 0 Å². The third kappa shape index (κ3) is 4.07. The average molecular weight is 187 g/mol. The van der Waals surface area contributed by atoms with Gasteiger partial charge >= 0.3 is 0 Å². The standard InChI is InChI=1S/C10H21NO2/c1-8(2)7-13-9-3-4-12-10(5-9)6-11/h8-10H,3-7,11H2,1-2H3. The van der Waals surface area contributed by atoms with E-state index in [1.165, 1.54) is 0 Å². The summed E-state index contributed by atoms with van der Waals surface area (Å²) in [5, 5.41) is 0. The zero-order valence-corrected chi connectivity index (χ0v) is 8.66. The van der Waals surface area contributed by atoms with Crippen LogP contribution in [-0.2, 0) is 9.47 Å². The molecule has 78 valence electrons. The highest BCUT2D eigenvalue weighted by molar-refractivity contribution is 4.72. The third-order valence-corrected chi connectivity index (χ3v) is 2.25. The van der Waals surface area contributed by atoms with Crippen molar-refractivity contribution >= 4 is 0 Å². The first-order chi connectivity index (χ1) is 6.22. The number of nitrogens with two attached hydrogens (primary N) is 1. The van der Waals surface area contributed by atoms with Crippen molar-refractivity contribution in [3.8, 4) is 0 Å². The Morgan fingerprint density at radius 3 is 2.92 bits per heavy atom. The molecule has 1 aliphatic rings. The van der Waals surface area contributed by atoms with Gasteiger partial charge in [0.25, 0.3) is 0 Å². The smallest absolute Gasteiger partial charge is 0.0722 e. The van der Waals surface area contributed by atoms with Crippen molar-refractivity contribution in [2.24, 2.45) is 11.7 Å². The van der Waals surface area contributed by atoms with Gasteiger partial charge in [0.15, 0.2) is 0 Å². The van der Waals surface area contributed by atoms with Crippen LogP contribution in [0.4, 0.5) is 0 Å². The van der Waals surface area contributed by atoms with Gasteiger partial charge in [-0.05, 0) is 12.3 Å². The fourth-order valence-corrected chi connectivity index (χ4v) is 1.49. The van der Waals surface area contributed by atoms with E-state index in [-0.39, 0.29) is 6.10 Å². The first-order valence-corrected chi connectivity index (χ1v) is 5.15. The highest BCUT2D eigenvalue weighted by Gasteiger charge is 2.21. The van der Waals surface area contributed by atoms with E-state index in [0.29, 0.717) is 18.6 Å². The van der Waals surface area contributed by atoms with Crippen molar-refractivity contribution in [3.05, 3.63) is 0 Å². The Balaban J connectivity index is 2.18. The lowest BCUT2D eigenvalue weighted by atomic mass is 10.1. The number of rotatable bonds is 4. The van der Waals surface area contributed by atoms with Gasteiger partial charge < -0.3 is 15.2 Å². The molecular weight excluding hydrogens is 166 g/mol. The van der Waals surface area contributed by atoms with Crippen LogP contribution < -0.4 is 5.73 Å². The molecule has 0 aliphatic carbocycles. The number of hydrogen-bond donors (Lipinski definition) is 1. The second-order valence-corrected chi connectivity index (χ2v) is 4.10. The maximum absolute atomic E-state index is 5.74. The molecule has 2 atom stereocenters. The summed E-state index contributed by atoms with van der Waals surface area (Å²) >= 11 is 0. The maximum atomic E-state index is 5.74. The maximum Gasteiger partial charge on any atom is 0.0722 e. The molecule has 0 saturated carbocycles. The summed E-state index contributed by atoms with van der Waals surface area (Å²) in [5.74, 6) is 0.610. The first kappa shape index (κ1) is 11.0. The van der Waals surface area contributed by atoms with Crippen LogP contribution in [0.3, 0.4) is 0 Å². The van der Waals surface area contributed by atoms with Crippen LogP contribution in [0.25, 0.3) is 0 Å². The highest BCUT2D eigenvalue weighted by atomic mass is 16.5. The molecule has 1 saturated heterocycles. The molecule has 0 bridgehead atoms. The van der Waals surface area contributed by atoms with Crippen LogP contribution >= 0.6 is 0 Å². The lowest BCUT2D eigenvalue weighted by Gasteiger charge is -2.29. The predicted octanol–water partition coefficient (Wildman–Crippen LogP) is 1.17. The van der Waals surface area contributed by atoms with E-state index in [1.807, 2.05) is 0 Å². The van der Waals surface area contributed by atoms with E-state index in [0.717, 1.165) is 26.1 Å². The number of hydrogen-bond acceptors (Lipinski definition) is 3. The highest BCUT2D eigenvalue weighted by Crippen LogP contribution is 2.16. The third-order valence-electron chi connectivity index (χ3n) is 2.25. The summed E-state index contributed by atoms with van der Waals surface area (Å²) in [5.41, 5.74) is 5.54. The summed E-state index contributed by atoms with van der Waals surface area (Å²) in [7, 11) is 0. The molecule has 0 aromatic carbocycles. The van der Waals surface area contributed by atoms with Gasteiger partial charge in [-0.15, -0.1) is 0 Å². The lowest BCUT2D eigenvalue weighted by molar-refractivity contribution is -0.0739. The van der Waals surface area contributed by atoms with Crippen molar-refractivity contribution in [1.29, 1.82) is 0 Å². The number of ether oxygens (including phenoxy) is 2. The summed E-state index contributed by atoms with van der Waals surface area (Å²) in [4.78, 5) is 0. The fourth-order valence-electron chi connectivity index (χ4n) is 1.49. The molecule has 3 heteroatoms. The van der Waals surface area contributed by atoms with Gasteiger partial charge in [-0.25, -0.2) is 0 Å². The second kappa shape index (κ2) is 5.58. The van der Waals surface area contributed by atoms with Crippen LogP contribution in [0.2, 0.25) is 0 Å². The summed E-state index contributed by atoms with van der Waals surface area (Å²) < 4.78 is 11.2. The molecule has 0 radical (unpaired) electrons. The quantitative estimate of drug-likeness (QED) is 0.718. The summed E-state index contributed by atoms with van der Waals surface area (Å²) in [6.45, 7) is 6.59. The van der Waals surface area contributed by atoms with Crippen LogP contribution in [0.5, 0.6) is 0 Å². The topological polar surface area (TPSA) is 44.5 Å². The average Bonchev–Trinajstić information content (AvgIpc) is 2.15. The SMILES string of the molecule is CC(C)COC1CCOC(CN)C1. The Bertz CT molecular complexity index is 139. The lowest BCUT2D eigenvalue weighted by Crippen LogP contribution is -2.36. The van der Waals surface area contributed by atoms with Gasteiger partial charge in [0.05, 0.1) is 12.2 Å². The van der Waals surface area contributed by atoms with Gasteiger partial charge in [0.2, 0.25) is 0 Å². The Morgan fingerprint density at radius 2 is 2.31 bits per heavy atom. The van der Waals surface area contributed by atoms with Crippen molar-refractivity contribution in [3.63, 3.8) is 0 Å². The van der Waals surface area contributed by atoms with Gasteiger partial charge in [0, 0.05) is 26.2 Å². The molecule has 1 fully saturated rings. The van der Waals surface area contributed by atoms with Gasteiger partial charge in [-0.3, -0.25) is 0 Å². The molecule has 0 aromatic heterocycles. The second-order valence-electron chi connectivity index (χ2n) is 4.10. The molecule has 1 rings (SSSR count). The van der Waals surface area contributed by atoms with E-state index in [9.17, 15) is 0 Å². The molecule has 2 N–H and O–H groups in total. The zero-order chi connectivity index (χ0) is 9.68. The molecule has 2 unspecified atom stereocenters. The van der Waals surface area contributed by atoms with Crippen molar-refractivity contribution in [2.45, 2.75) is 38.9 Å². The Labute approximate surface area is 80.6 Å². The monoisotopic (exact) mass is 187 g/mol. The van der Waals surface area contributed by atoms with Crippen LogP contribution in [-0.4, -0.2) is 32.0 Å². The fraction of sp³-hybridized carbons (Fsp3) is 1.00. The minimum atomic E-state index is 0.214. The largest absolute Gasteiger partial charge is 0.378 e. The molecular formula is C10H21NO2. The van der Waals surface area contributed by atoms with Crippen molar-refractivity contribution in [2.75, 3.05) is 19.8 Å². The minimum Gasteiger partial charge on any atom is -0.378 e. The Hall–Kier alpha value is -0.120. The molecule has 0 spiro atoms. The summed E-state index contributed by atoms with van der Waals surface area (Å²) in [6, 6.07) is 0. The van der Waals surface area contributed by atoms with Gasteiger partial charge in [0.1, 0.15) is 0 Å². The predicted molar refractivity (Wildman–Crippen MR) is 52.6 cm³/mol. The molecule has 1 heterocycles. The van der Waals surface area contributed by atoms with E-state index >= 15 is 0 Å². The molecule has 0 amide bonds. The van der Waals surface area contributed by atoms with Crippen molar-refractivity contribution in [1.82, 2.24) is 0 Å². The summed E-state index contributed by atoms with van der Waals surface area (Å²) in [6.07, 6.45) is 2.56. The molecule has 0 aromatic rings. The van der Waals surface area contributed by atoms with E-state index in [1.54, 1.807) is 0 Å². The van der Waals surface area contributed by atoms with Gasteiger partial charge in [-0.1, -0.05) is 13.8 Å². The molecule has 3 nitrogen and oxygen atoms in total. The molecule has 1 aliphatic heterocycles. The van der Waals surface area contributed by atoms with Crippen LogP contribution in [0, 0.1) is 5.92 Å². The zero-order valence-electron chi connectivity index (χ0n) is 8.66.